The van der Waals surface area contributed by atoms with E-state index in [0.717, 1.165) is 0 Å². The van der Waals surface area contributed by atoms with Crippen LogP contribution in [0.2, 0.25) is 0 Å². The van der Waals surface area contributed by atoms with E-state index in [1.54, 1.807) is 0 Å². The molecule has 0 aromatic carbocycles. The zero-order valence-electron chi connectivity index (χ0n) is 2.97. The topological polar surface area (TPSA) is 57.9 Å². The molecule has 0 saturated carbocycles. The number of hydrogen-bond acceptors (Lipinski definition) is 2. The van der Waals surface area contributed by atoms with E-state index in [4.69, 9.17) is 15.3 Å². The monoisotopic (exact) mass is 161 g/mol. The molecule has 0 saturated heterocycles. The molecule has 4 heteroatoms. The molecule has 0 fully saturated rings. The van der Waals surface area contributed by atoms with Gasteiger partial charge in [-0.3, -0.25) is 4.79 Å². The maximum atomic E-state index is 9.11. The molecule has 0 bridgehead atoms. The molecule has 1 radical (unpaired) electrons. The summed E-state index contributed by atoms with van der Waals surface area (Å²) in [5.74, 6) is -1.18. The van der Waals surface area contributed by atoms with Crippen LogP contribution in [0.15, 0.2) is 0 Å². The van der Waals surface area contributed by atoms with Gasteiger partial charge in [0.1, 0.15) is 5.91 Å². The minimum absolute atomic E-state index is 0. The van der Waals surface area contributed by atoms with Crippen LogP contribution in [0, 0.1) is 0 Å². The molecule has 0 aliphatic rings. The van der Waals surface area contributed by atoms with Crippen LogP contribution in [0.5, 0.6) is 0 Å². The van der Waals surface area contributed by atoms with Crippen molar-refractivity contribution in [2.24, 2.45) is 0 Å². The third-order valence-corrected chi connectivity index (χ3v) is 0.107. The second kappa shape index (κ2) is 5.24. The van der Waals surface area contributed by atoms with E-state index in [2.05, 4.69) is 0 Å². The second-order valence-corrected chi connectivity index (χ2v) is 0.482. The third-order valence-electron chi connectivity index (χ3n) is 0.107. The average molecular weight is 161 g/mol. The van der Waals surface area contributed by atoms with Gasteiger partial charge >= 0.3 is 0 Å². The summed E-state index contributed by atoms with van der Waals surface area (Å²) in [4.78, 5) is 18.1. The Hall–Kier alpha value is 0.244. The summed E-state index contributed by atoms with van der Waals surface area (Å²) in [5, 5.41) is 0. The van der Waals surface area contributed by atoms with E-state index >= 15 is 0 Å². The van der Waals surface area contributed by atoms with Crippen LogP contribution in [0.25, 0.3) is 5.73 Å². The van der Waals surface area contributed by atoms with Gasteiger partial charge in [-0.15, -0.1) is 0 Å². The first-order valence-electron chi connectivity index (χ1n) is 0.979. The van der Waals surface area contributed by atoms with Gasteiger partial charge in [0.15, 0.2) is 6.29 Å². The molecule has 31 valence electrons. The summed E-state index contributed by atoms with van der Waals surface area (Å²) in [6.45, 7) is 0. The van der Waals surface area contributed by atoms with Crippen LogP contribution in [0.4, 0.5) is 0 Å². The first kappa shape index (κ1) is 9.53. The zero-order valence-corrected chi connectivity index (χ0v) is 5.81. The van der Waals surface area contributed by atoms with E-state index in [1.807, 2.05) is 0 Å². The van der Waals surface area contributed by atoms with Crippen molar-refractivity contribution in [3.63, 3.8) is 0 Å². The van der Waals surface area contributed by atoms with Gasteiger partial charge < -0.3 is 10.5 Å². The number of carbonyl (C=O) groups is 2. The van der Waals surface area contributed by atoms with Crippen LogP contribution >= 0.6 is 0 Å². The smallest absolute Gasteiger partial charge is 0.167 e. The summed E-state index contributed by atoms with van der Waals surface area (Å²) < 4.78 is 0. The van der Waals surface area contributed by atoms with Crippen LogP contribution in [0.1, 0.15) is 0 Å². The van der Waals surface area contributed by atoms with Crippen LogP contribution in [0.3, 0.4) is 0 Å². The first-order valence-corrected chi connectivity index (χ1v) is 0.979. The molecule has 1 amide bonds. The van der Waals surface area contributed by atoms with Gasteiger partial charge in [-0.1, -0.05) is 0 Å². The van der Waals surface area contributed by atoms with E-state index in [-0.39, 0.29) is 39.0 Å². The summed E-state index contributed by atoms with van der Waals surface area (Å²) in [5.41, 5.74) is 5.82. The summed E-state index contributed by atoms with van der Waals surface area (Å²) in [6, 6.07) is 0. The quantitative estimate of drug-likeness (QED) is 0.393. The molecule has 0 atom stereocenters. The van der Waals surface area contributed by atoms with Crippen molar-refractivity contribution in [3.05, 3.63) is 5.73 Å². The maximum Gasteiger partial charge on any atom is 0.167 e. The Morgan fingerprint density at radius 1 is 1.67 bits per heavy atom. The van der Waals surface area contributed by atoms with Crippen molar-refractivity contribution in [2.75, 3.05) is 0 Å². The van der Waals surface area contributed by atoms with Gasteiger partial charge in [0.2, 0.25) is 0 Å². The van der Waals surface area contributed by atoms with Crippen molar-refractivity contribution in [3.8, 4) is 0 Å². The minimum Gasteiger partial charge on any atom is -0.661 e. The summed E-state index contributed by atoms with van der Waals surface area (Å²) in [7, 11) is 0. The molecule has 3 nitrogen and oxygen atoms in total. The fraction of sp³-hybridized carbons (Fsp3) is 0. The molecule has 0 heterocycles. The minimum atomic E-state index is -1.18. The normalized spacial score (nSPS) is 5.33. The molecule has 0 aliphatic heterocycles. The Morgan fingerprint density at radius 3 is 1.83 bits per heavy atom. The summed E-state index contributed by atoms with van der Waals surface area (Å²) in [6.07, 6.45) is -0.0556. The van der Waals surface area contributed by atoms with Crippen LogP contribution in [-0.4, -0.2) is 12.2 Å². The van der Waals surface area contributed by atoms with Gasteiger partial charge in [0.25, 0.3) is 0 Å². The fourth-order valence-corrected chi connectivity index (χ4v) is 0. The number of carbonyl (C=O) groups excluding carboxylic acids is 2. The SMILES string of the molecule is [NH-]C(=O)C=O.[Y]. The van der Waals surface area contributed by atoms with E-state index in [9.17, 15) is 0 Å². The zero-order chi connectivity index (χ0) is 4.28. The summed E-state index contributed by atoms with van der Waals surface area (Å²) >= 11 is 0. The Kier molecular flexibility index (Phi) is 8.33. The Labute approximate surface area is 60.2 Å². The molecular weight excluding hydrogens is 159 g/mol. The average Bonchev–Trinajstić information content (AvgIpc) is 1.38. The van der Waals surface area contributed by atoms with E-state index in [1.165, 1.54) is 0 Å². The van der Waals surface area contributed by atoms with Crippen LogP contribution in [-0.2, 0) is 42.3 Å². The molecule has 1 N–H and O–H groups in total. The van der Waals surface area contributed by atoms with Gasteiger partial charge in [-0.2, -0.15) is 0 Å². The number of amides is 1. The number of rotatable bonds is 1. The number of hydrogen-bond donors (Lipinski definition) is 0. The Bertz CT molecular complexity index is 62.6. The molecule has 0 rings (SSSR count). The largest absolute Gasteiger partial charge is 0.661 e. The Morgan fingerprint density at radius 2 is 1.83 bits per heavy atom. The number of aldehydes is 1. The van der Waals surface area contributed by atoms with Crippen molar-refractivity contribution in [1.29, 1.82) is 0 Å². The third kappa shape index (κ3) is 8.87. The van der Waals surface area contributed by atoms with Crippen molar-refractivity contribution < 1.29 is 42.3 Å². The van der Waals surface area contributed by atoms with Crippen molar-refractivity contribution in [2.45, 2.75) is 0 Å². The fourth-order valence-electron chi connectivity index (χ4n) is 0. The molecule has 0 aliphatic carbocycles. The molecular formula is C2H2NO2Y-. The molecule has 0 aromatic rings. The molecule has 0 spiro atoms. The van der Waals surface area contributed by atoms with Gasteiger partial charge in [-0.05, 0) is 0 Å². The standard InChI is InChI=1S/C2H3NO2.Y/c3-2(5)1-4;/h1H,(H2,3,5);/p-1. The van der Waals surface area contributed by atoms with E-state index in [0.29, 0.717) is 0 Å². The van der Waals surface area contributed by atoms with Crippen molar-refractivity contribution in [1.82, 2.24) is 0 Å². The van der Waals surface area contributed by atoms with Gasteiger partial charge in [0, 0.05) is 32.7 Å². The number of nitrogens with one attached hydrogen (secondary N) is 1. The van der Waals surface area contributed by atoms with Crippen LogP contribution < -0.4 is 0 Å². The molecule has 0 aromatic heterocycles. The first-order chi connectivity index (χ1) is 2.27. The van der Waals surface area contributed by atoms with E-state index < -0.39 is 5.91 Å². The Balaban J connectivity index is 0. The van der Waals surface area contributed by atoms with Gasteiger partial charge in [0.05, 0.1) is 0 Å². The molecule has 6 heavy (non-hydrogen) atoms. The van der Waals surface area contributed by atoms with Gasteiger partial charge in [-0.25, -0.2) is 0 Å². The van der Waals surface area contributed by atoms with Crippen molar-refractivity contribution >= 4 is 12.2 Å². The molecule has 0 unspecified atom stereocenters. The predicted molar refractivity (Wildman–Crippen MR) is 15.4 cm³/mol. The predicted octanol–water partition coefficient (Wildman–Crippen LogP) is -0.238. The maximum absolute atomic E-state index is 9.11. The second-order valence-electron chi connectivity index (χ2n) is 0.482.